The van der Waals surface area contributed by atoms with Crippen molar-refractivity contribution in [2.75, 3.05) is 0 Å². The number of benzene rings is 1. The number of halogens is 7. The van der Waals surface area contributed by atoms with Crippen molar-refractivity contribution in [1.29, 1.82) is 0 Å². The molecule has 0 bridgehead atoms. The molecule has 21 heavy (non-hydrogen) atoms. The number of alkyl halides is 6. The molecule has 8 heteroatoms. The number of aromatic nitrogens is 1. The Morgan fingerprint density at radius 1 is 0.857 bits per heavy atom. The predicted octanol–water partition coefficient (Wildman–Crippen LogP) is 4.93. The summed E-state index contributed by atoms with van der Waals surface area (Å²) in [4.78, 5) is 3.19. The molecule has 1 nitrogen and oxygen atoms in total. The summed E-state index contributed by atoms with van der Waals surface area (Å²) in [6.07, 6.45) is -9.30. The first-order valence-corrected chi connectivity index (χ1v) is 5.50. The highest BCUT2D eigenvalue weighted by Gasteiger charge is 2.35. The Balaban J connectivity index is 2.59. The predicted molar refractivity (Wildman–Crippen MR) is 59.6 cm³/mol. The third-order valence-electron chi connectivity index (χ3n) is 2.66. The maximum absolute atomic E-state index is 13.7. The standard InChI is InChI=1S/C13H6F7N/c14-10-5-7(12(15,16)17)6-21-11(10)8-3-1-2-4-9(8)13(18,19)20/h1-6H. The molecule has 0 amide bonds. The highest BCUT2D eigenvalue weighted by molar-refractivity contribution is 5.65. The Hall–Kier alpha value is -2.12. The molecular weight excluding hydrogens is 303 g/mol. The van der Waals surface area contributed by atoms with Crippen molar-refractivity contribution < 1.29 is 30.7 Å². The Labute approximate surface area is 114 Å². The maximum Gasteiger partial charge on any atom is 0.417 e. The Bertz CT molecular complexity index is 658. The van der Waals surface area contributed by atoms with Gasteiger partial charge in [-0.3, -0.25) is 4.98 Å². The molecule has 1 aromatic heterocycles. The molecule has 0 saturated carbocycles. The van der Waals surface area contributed by atoms with Crippen LogP contribution in [0.5, 0.6) is 0 Å². The van der Waals surface area contributed by atoms with Gasteiger partial charge < -0.3 is 0 Å². The lowest BCUT2D eigenvalue weighted by Gasteiger charge is -2.13. The Morgan fingerprint density at radius 2 is 1.48 bits per heavy atom. The monoisotopic (exact) mass is 309 g/mol. The molecule has 1 aromatic carbocycles. The first-order valence-electron chi connectivity index (χ1n) is 5.50. The van der Waals surface area contributed by atoms with Crippen LogP contribution in [-0.2, 0) is 12.4 Å². The molecule has 0 fully saturated rings. The van der Waals surface area contributed by atoms with E-state index in [2.05, 4.69) is 4.98 Å². The summed E-state index contributed by atoms with van der Waals surface area (Å²) < 4.78 is 89.3. The van der Waals surface area contributed by atoms with Gasteiger partial charge >= 0.3 is 12.4 Å². The van der Waals surface area contributed by atoms with Crippen LogP contribution >= 0.6 is 0 Å². The quantitative estimate of drug-likeness (QED) is 0.681. The summed E-state index contributed by atoms with van der Waals surface area (Å²) in [5.74, 6) is -1.47. The number of rotatable bonds is 1. The summed E-state index contributed by atoms with van der Waals surface area (Å²) in [6, 6.07) is 4.07. The normalized spacial score (nSPS) is 12.5. The van der Waals surface area contributed by atoms with E-state index in [-0.39, 0.29) is 6.07 Å². The average Bonchev–Trinajstić information content (AvgIpc) is 2.36. The van der Waals surface area contributed by atoms with E-state index in [1.165, 1.54) is 6.07 Å². The van der Waals surface area contributed by atoms with Gasteiger partial charge in [0.05, 0.1) is 11.1 Å². The number of hydrogen-bond donors (Lipinski definition) is 0. The van der Waals surface area contributed by atoms with Gasteiger partial charge in [0.15, 0.2) is 0 Å². The summed E-state index contributed by atoms with van der Waals surface area (Å²) in [7, 11) is 0. The van der Waals surface area contributed by atoms with E-state index in [1.54, 1.807) is 0 Å². The van der Waals surface area contributed by atoms with E-state index >= 15 is 0 Å². The molecule has 0 atom stereocenters. The fourth-order valence-corrected chi connectivity index (χ4v) is 1.73. The highest BCUT2D eigenvalue weighted by atomic mass is 19.4. The Morgan fingerprint density at radius 3 is 2.00 bits per heavy atom. The van der Waals surface area contributed by atoms with Gasteiger partial charge in [-0.05, 0) is 12.1 Å². The van der Waals surface area contributed by atoms with Crippen LogP contribution in [0.15, 0.2) is 36.5 Å². The van der Waals surface area contributed by atoms with Crippen molar-refractivity contribution in [3.63, 3.8) is 0 Å². The summed E-state index contributed by atoms with van der Waals surface area (Å²) >= 11 is 0. The molecular formula is C13H6F7N. The molecule has 0 aliphatic carbocycles. The molecule has 0 saturated heterocycles. The molecule has 0 radical (unpaired) electrons. The zero-order valence-corrected chi connectivity index (χ0v) is 10.1. The summed E-state index contributed by atoms with van der Waals surface area (Å²) in [5.41, 5.74) is -3.93. The molecule has 0 unspecified atom stereocenters. The third-order valence-corrected chi connectivity index (χ3v) is 2.66. The topological polar surface area (TPSA) is 12.9 Å². The molecule has 0 N–H and O–H groups in total. The van der Waals surface area contributed by atoms with Crippen LogP contribution in [0.3, 0.4) is 0 Å². The van der Waals surface area contributed by atoms with Gasteiger partial charge in [-0.15, -0.1) is 0 Å². The van der Waals surface area contributed by atoms with Crippen molar-refractivity contribution in [2.45, 2.75) is 12.4 Å². The SMILES string of the molecule is Fc1cc(C(F)(F)F)cnc1-c1ccccc1C(F)(F)F. The van der Waals surface area contributed by atoms with Crippen molar-refractivity contribution in [1.82, 2.24) is 4.98 Å². The zero-order valence-electron chi connectivity index (χ0n) is 10.1. The van der Waals surface area contributed by atoms with Gasteiger partial charge in [0.2, 0.25) is 0 Å². The van der Waals surface area contributed by atoms with Gasteiger partial charge in [0.25, 0.3) is 0 Å². The Kier molecular flexibility index (Phi) is 3.65. The molecule has 0 aliphatic rings. The lowest BCUT2D eigenvalue weighted by Crippen LogP contribution is -2.10. The van der Waals surface area contributed by atoms with E-state index in [4.69, 9.17) is 0 Å². The lowest BCUT2D eigenvalue weighted by molar-refractivity contribution is -0.138. The molecule has 112 valence electrons. The second kappa shape index (κ2) is 5.01. The largest absolute Gasteiger partial charge is 0.417 e. The van der Waals surface area contributed by atoms with E-state index in [0.717, 1.165) is 12.1 Å². The van der Waals surface area contributed by atoms with Crippen LogP contribution in [0.25, 0.3) is 11.3 Å². The van der Waals surface area contributed by atoms with Crippen LogP contribution in [0.2, 0.25) is 0 Å². The van der Waals surface area contributed by atoms with Gasteiger partial charge in [0, 0.05) is 11.8 Å². The van der Waals surface area contributed by atoms with Gasteiger partial charge in [-0.2, -0.15) is 26.3 Å². The number of pyridine rings is 1. The van der Waals surface area contributed by atoms with Crippen LogP contribution in [0, 0.1) is 5.82 Å². The van der Waals surface area contributed by atoms with E-state index in [9.17, 15) is 30.7 Å². The van der Waals surface area contributed by atoms with Crippen LogP contribution in [-0.4, -0.2) is 4.98 Å². The summed E-state index contributed by atoms with van der Waals surface area (Å²) in [6.45, 7) is 0. The summed E-state index contributed by atoms with van der Waals surface area (Å²) in [5, 5.41) is 0. The number of hydrogen-bond acceptors (Lipinski definition) is 1. The molecule has 0 aliphatic heterocycles. The average molecular weight is 309 g/mol. The lowest BCUT2D eigenvalue weighted by atomic mass is 10.0. The van der Waals surface area contributed by atoms with Crippen molar-refractivity contribution in [2.24, 2.45) is 0 Å². The smallest absolute Gasteiger partial charge is 0.253 e. The van der Waals surface area contributed by atoms with E-state index < -0.39 is 40.6 Å². The van der Waals surface area contributed by atoms with Crippen LogP contribution in [0.4, 0.5) is 30.7 Å². The zero-order chi connectivity index (χ0) is 15.8. The fraction of sp³-hybridized carbons (Fsp3) is 0.154. The first kappa shape index (κ1) is 15.3. The van der Waals surface area contributed by atoms with Crippen molar-refractivity contribution in [3.8, 4) is 11.3 Å². The molecule has 1 heterocycles. The minimum atomic E-state index is -4.82. The molecule has 0 spiro atoms. The first-order chi connectivity index (χ1) is 9.60. The van der Waals surface area contributed by atoms with Gasteiger partial charge in [-0.25, -0.2) is 4.39 Å². The fourth-order valence-electron chi connectivity index (χ4n) is 1.73. The van der Waals surface area contributed by atoms with E-state index in [1.807, 2.05) is 0 Å². The van der Waals surface area contributed by atoms with Crippen molar-refractivity contribution in [3.05, 3.63) is 53.5 Å². The van der Waals surface area contributed by atoms with Gasteiger partial charge in [0.1, 0.15) is 11.5 Å². The minimum Gasteiger partial charge on any atom is -0.253 e. The third kappa shape index (κ3) is 3.14. The second-order valence-electron chi connectivity index (χ2n) is 4.10. The molecule has 2 rings (SSSR count). The van der Waals surface area contributed by atoms with Crippen LogP contribution in [0.1, 0.15) is 11.1 Å². The maximum atomic E-state index is 13.7. The van der Waals surface area contributed by atoms with Crippen LogP contribution < -0.4 is 0 Å². The second-order valence-corrected chi connectivity index (χ2v) is 4.10. The molecule has 2 aromatic rings. The van der Waals surface area contributed by atoms with Crippen molar-refractivity contribution >= 4 is 0 Å². The van der Waals surface area contributed by atoms with E-state index in [0.29, 0.717) is 12.3 Å². The van der Waals surface area contributed by atoms with Gasteiger partial charge in [-0.1, -0.05) is 18.2 Å². The minimum absolute atomic E-state index is 0.121. The number of nitrogens with zero attached hydrogens (tertiary/aromatic N) is 1. The highest BCUT2D eigenvalue weighted by Crippen LogP contribution is 2.38.